The Morgan fingerprint density at radius 1 is 0.872 bits per heavy atom. The molecule has 1 amide bonds. The molecule has 4 aromatic rings. The largest absolute Gasteiger partial charge is 0.352 e. The third-order valence-electron chi connectivity index (χ3n) is 8.15. The van der Waals surface area contributed by atoms with Gasteiger partial charge in [-0.15, -0.1) is 0 Å². The fraction of sp³-hybridized carbons (Fsp3) is 0.125. The molecule has 3 aromatic carbocycles. The molecule has 1 aromatic heterocycles. The van der Waals surface area contributed by atoms with Crippen molar-refractivity contribution in [1.82, 2.24) is 4.98 Å². The highest BCUT2D eigenvalue weighted by Crippen LogP contribution is 2.58. The Kier molecular flexibility index (Phi) is 5.39. The number of carbonyl (C=O) groups is 3. The van der Waals surface area contributed by atoms with Crippen molar-refractivity contribution >= 4 is 50.9 Å². The van der Waals surface area contributed by atoms with Gasteiger partial charge in [-0.3, -0.25) is 19.4 Å². The maximum Gasteiger partial charge on any atom is 0.238 e. The van der Waals surface area contributed by atoms with Gasteiger partial charge in [0, 0.05) is 39.4 Å². The Bertz CT molecular complexity index is 1680. The molecule has 6 nitrogen and oxygen atoms in total. The number of nitrogens with one attached hydrogen (secondary N) is 1. The first kappa shape index (κ1) is 23.7. The molecular weight excluding hydrogens is 554 g/mol. The number of para-hydroxylation sites is 2. The van der Waals surface area contributed by atoms with Gasteiger partial charge in [0.1, 0.15) is 11.5 Å². The van der Waals surface area contributed by atoms with Crippen LogP contribution in [0.5, 0.6) is 0 Å². The number of rotatable bonds is 4. The van der Waals surface area contributed by atoms with E-state index in [1.165, 1.54) is 6.20 Å². The summed E-state index contributed by atoms with van der Waals surface area (Å²) in [4.78, 5) is 49.7. The number of hydrogen-bond donors (Lipinski definition) is 1. The molecule has 0 radical (unpaired) electrons. The molecule has 1 fully saturated rings. The van der Waals surface area contributed by atoms with Crippen LogP contribution in [0.3, 0.4) is 0 Å². The number of benzene rings is 3. The Morgan fingerprint density at radius 2 is 1.64 bits per heavy atom. The summed E-state index contributed by atoms with van der Waals surface area (Å²) in [7, 11) is 0. The lowest BCUT2D eigenvalue weighted by Gasteiger charge is -2.37. The van der Waals surface area contributed by atoms with Crippen molar-refractivity contribution in [3.63, 3.8) is 0 Å². The monoisotopic (exact) mass is 575 g/mol. The van der Waals surface area contributed by atoms with Gasteiger partial charge in [0.2, 0.25) is 5.91 Å². The minimum atomic E-state index is -1.47. The van der Waals surface area contributed by atoms with E-state index in [2.05, 4.69) is 26.2 Å². The molecular formula is C32H22BrN3O3. The molecule has 39 heavy (non-hydrogen) atoms. The van der Waals surface area contributed by atoms with Gasteiger partial charge in [-0.05, 0) is 47.5 Å². The van der Waals surface area contributed by atoms with Crippen LogP contribution in [-0.4, -0.2) is 34.5 Å². The standard InChI is InChI=1S/C32H22BrN3O3/c33-22-14-11-20(12-15-22)29(38)30-32(23-8-2-3-9-24(23)35-31(32)39)27(28(37)21-7-5-17-34-18-21)26-16-13-19-6-1-4-10-25(19)36(26)30/h1-18,26-27,30H,(H,35,39)/t26-,27+,30-,32-/m0/s1. The van der Waals surface area contributed by atoms with Crippen LogP contribution in [0.1, 0.15) is 31.8 Å². The summed E-state index contributed by atoms with van der Waals surface area (Å²) >= 11 is 3.45. The van der Waals surface area contributed by atoms with Gasteiger partial charge in [-0.25, -0.2) is 0 Å². The highest BCUT2D eigenvalue weighted by Gasteiger charge is 2.70. The normalized spacial score (nSPS) is 24.2. The fourth-order valence-corrected chi connectivity index (χ4v) is 6.86. The van der Waals surface area contributed by atoms with Crippen molar-refractivity contribution in [2.75, 3.05) is 10.2 Å². The number of anilines is 2. The molecule has 3 aliphatic heterocycles. The summed E-state index contributed by atoms with van der Waals surface area (Å²) in [6.45, 7) is 0. The van der Waals surface area contributed by atoms with E-state index in [0.717, 1.165) is 15.7 Å². The lowest BCUT2D eigenvalue weighted by molar-refractivity contribution is -0.121. The average molecular weight is 576 g/mol. The number of hydrogen-bond acceptors (Lipinski definition) is 5. The number of aromatic nitrogens is 1. The molecule has 0 unspecified atom stereocenters. The second kappa shape index (κ2) is 8.85. The van der Waals surface area contributed by atoms with Gasteiger partial charge < -0.3 is 10.2 Å². The summed E-state index contributed by atoms with van der Waals surface area (Å²) in [5, 5.41) is 3.03. The average Bonchev–Trinajstić information content (AvgIpc) is 3.45. The highest BCUT2D eigenvalue weighted by atomic mass is 79.9. The first-order chi connectivity index (χ1) is 19.0. The molecule has 1 spiro atoms. The maximum atomic E-state index is 14.7. The van der Waals surface area contributed by atoms with Crippen LogP contribution in [-0.2, 0) is 10.2 Å². The van der Waals surface area contributed by atoms with E-state index in [1.54, 1.807) is 30.5 Å². The molecule has 7 rings (SSSR count). The predicted molar refractivity (Wildman–Crippen MR) is 153 cm³/mol. The molecule has 0 aliphatic carbocycles. The summed E-state index contributed by atoms with van der Waals surface area (Å²) in [6, 6.07) is 24.3. The maximum absolute atomic E-state index is 14.7. The van der Waals surface area contributed by atoms with Crippen LogP contribution >= 0.6 is 15.9 Å². The van der Waals surface area contributed by atoms with Gasteiger partial charge in [0.05, 0.1) is 12.0 Å². The first-order valence-electron chi connectivity index (χ1n) is 12.7. The van der Waals surface area contributed by atoms with E-state index < -0.39 is 23.4 Å². The molecule has 1 saturated heterocycles. The Morgan fingerprint density at radius 3 is 2.44 bits per heavy atom. The van der Waals surface area contributed by atoms with Crippen LogP contribution in [0.4, 0.5) is 11.4 Å². The van der Waals surface area contributed by atoms with Crippen molar-refractivity contribution in [2.45, 2.75) is 17.5 Å². The Labute approximate surface area is 233 Å². The second-order valence-corrected chi connectivity index (χ2v) is 11.0. The Hall–Kier alpha value is -4.36. The van der Waals surface area contributed by atoms with Crippen LogP contribution in [0.25, 0.3) is 6.08 Å². The fourth-order valence-electron chi connectivity index (χ4n) is 6.60. The predicted octanol–water partition coefficient (Wildman–Crippen LogP) is 5.70. The van der Waals surface area contributed by atoms with Gasteiger partial charge in [0.25, 0.3) is 0 Å². The number of pyridine rings is 1. The zero-order chi connectivity index (χ0) is 26.7. The number of carbonyl (C=O) groups excluding carboxylic acids is 3. The molecule has 0 bridgehead atoms. The van der Waals surface area contributed by atoms with E-state index in [4.69, 9.17) is 0 Å². The van der Waals surface area contributed by atoms with Crippen molar-refractivity contribution in [3.05, 3.63) is 130 Å². The van der Waals surface area contributed by atoms with Crippen LogP contribution in [0.15, 0.2) is 108 Å². The molecule has 4 heterocycles. The van der Waals surface area contributed by atoms with Gasteiger partial charge in [-0.2, -0.15) is 0 Å². The lowest BCUT2D eigenvalue weighted by Crippen LogP contribution is -2.55. The zero-order valence-electron chi connectivity index (χ0n) is 20.6. The number of halogens is 1. The van der Waals surface area contributed by atoms with Crippen LogP contribution < -0.4 is 10.2 Å². The third-order valence-corrected chi connectivity index (χ3v) is 8.68. The highest BCUT2D eigenvalue weighted by molar-refractivity contribution is 9.10. The van der Waals surface area contributed by atoms with E-state index >= 15 is 0 Å². The van der Waals surface area contributed by atoms with E-state index in [1.807, 2.05) is 77.7 Å². The minimum Gasteiger partial charge on any atom is -0.352 e. The number of fused-ring (bicyclic) bond motifs is 5. The van der Waals surface area contributed by atoms with E-state index in [0.29, 0.717) is 22.4 Å². The molecule has 1 N–H and O–H groups in total. The number of nitrogens with zero attached hydrogens (tertiary/aromatic N) is 2. The number of Topliss-reactive ketones (excluding diaryl/α,β-unsaturated/α-hetero) is 2. The van der Waals surface area contributed by atoms with Crippen LogP contribution in [0.2, 0.25) is 0 Å². The SMILES string of the molecule is O=C(c1ccc(Br)cc1)[C@@H]1N2c3ccccc3C=C[C@H]2[C@H](C(=O)c2cccnc2)[C@]12C(=O)Nc1ccccc12. The summed E-state index contributed by atoms with van der Waals surface area (Å²) in [5.74, 6) is -1.66. The molecule has 3 aliphatic rings. The molecule has 190 valence electrons. The van der Waals surface area contributed by atoms with Crippen molar-refractivity contribution in [2.24, 2.45) is 5.92 Å². The quantitative estimate of drug-likeness (QED) is 0.316. The van der Waals surface area contributed by atoms with Gasteiger partial charge in [0.15, 0.2) is 11.6 Å². The van der Waals surface area contributed by atoms with Crippen molar-refractivity contribution in [3.8, 4) is 0 Å². The minimum absolute atomic E-state index is 0.217. The second-order valence-electron chi connectivity index (χ2n) is 10.0. The van der Waals surface area contributed by atoms with Gasteiger partial charge >= 0.3 is 0 Å². The third kappa shape index (κ3) is 3.32. The molecule has 7 heteroatoms. The molecule has 4 atom stereocenters. The molecule has 0 saturated carbocycles. The Balaban J connectivity index is 1.54. The lowest BCUT2D eigenvalue weighted by atomic mass is 9.63. The zero-order valence-corrected chi connectivity index (χ0v) is 22.2. The summed E-state index contributed by atoms with van der Waals surface area (Å²) < 4.78 is 0.845. The van der Waals surface area contributed by atoms with Crippen molar-refractivity contribution in [1.29, 1.82) is 0 Å². The first-order valence-corrected chi connectivity index (χ1v) is 13.5. The number of ketones is 2. The van der Waals surface area contributed by atoms with E-state index in [9.17, 15) is 14.4 Å². The summed E-state index contributed by atoms with van der Waals surface area (Å²) in [5.41, 5.74) is 2.44. The van der Waals surface area contributed by atoms with Gasteiger partial charge in [-0.1, -0.05) is 76.6 Å². The van der Waals surface area contributed by atoms with Crippen LogP contribution in [0, 0.1) is 5.92 Å². The van der Waals surface area contributed by atoms with Crippen molar-refractivity contribution < 1.29 is 14.4 Å². The van der Waals surface area contributed by atoms with E-state index in [-0.39, 0.29) is 17.5 Å². The summed E-state index contributed by atoms with van der Waals surface area (Å²) in [6.07, 6.45) is 7.09. The topological polar surface area (TPSA) is 79.4 Å². The number of amides is 1. The smallest absolute Gasteiger partial charge is 0.238 e.